The molecule has 0 aliphatic carbocycles. The Morgan fingerprint density at radius 1 is 1.06 bits per heavy atom. The summed E-state index contributed by atoms with van der Waals surface area (Å²) < 4.78 is 0. The number of fused-ring (bicyclic) bond motifs is 2. The van der Waals surface area contributed by atoms with E-state index in [2.05, 4.69) is 57.9 Å². The Hall–Kier alpha value is -3.35. The summed E-state index contributed by atoms with van der Waals surface area (Å²) >= 11 is 0. The van der Waals surface area contributed by atoms with Gasteiger partial charge >= 0.3 is 0 Å². The third-order valence-electron chi connectivity index (χ3n) is 7.42. The van der Waals surface area contributed by atoms with Crippen molar-refractivity contribution in [3.63, 3.8) is 0 Å². The second-order valence-electron chi connectivity index (χ2n) is 9.85. The first-order valence-corrected chi connectivity index (χ1v) is 11.8. The van der Waals surface area contributed by atoms with E-state index in [0.29, 0.717) is 29.2 Å². The van der Waals surface area contributed by atoms with Gasteiger partial charge in [-0.2, -0.15) is 0 Å². The first-order chi connectivity index (χ1) is 15.9. The van der Waals surface area contributed by atoms with Gasteiger partial charge in [0.1, 0.15) is 5.75 Å². The molecule has 2 saturated heterocycles. The lowest BCUT2D eigenvalue weighted by Crippen LogP contribution is -2.54. The number of phenols is 1. The van der Waals surface area contributed by atoms with Crippen molar-refractivity contribution in [3.05, 3.63) is 54.4 Å². The summed E-state index contributed by atoms with van der Waals surface area (Å²) in [5.41, 5.74) is 10.9. The van der Waals surface area contributed by atoms with E-state index in [1.165, 1.54) is 5.69 Å². The molecule has 0 saturated carbocycles. The molecular formula is C26H32N6O. The highest BCUT2D eigenvalue weighted by Crippen LogP contribution is 2.39. The van der Waals surface area contributed by atoms with E-state index in [9.17, 15) is 5.11 Å². The van der Waals surface area contributed by atoms with Gasteiger partial charge in [0.25, 0.3) is 0 Å². The summed E-state index contributed by atoms with van der Waals surface area (Å²) in [7, 11) is 0. The van der Waals surface area contributed by atoms with Crippen LogP contribution in [0.1, 0.15) is 45.7 Å². The number of para-hydroxylation sites is 1. The SMILES string of the molecule is CCC(C)(C)c1cc(N2C3CCC2CN(c2cc(-c4ccccc4O)nnc2N)C3)ccn1. The van der Waals surface area contributed by atoms with Crippen LogP contribution in [0.15, 0.2) is 48.7 Å². The Kier molecular flexibility index (Phi) is 5.35. The first kappa shape index (κ1) is 21.5. The van der Waals surface area contributed by atoms with Crippen LogP contribution >= 0.6 is 0 Å². The lowest BCUT2D eigenvalue weighted by Gasteiger charge is -2.43. The third kappa shape index (κ3) is 3.86. The number of aromatic nitrogens is 3. The van der Waals surface area contributed by atoms with Crippen LogP contribution in [0.4, 0.5) is 17.2 Å². The summed E-state index contributed by atoms with van der Waals surface area (Å²) in [6.07, 6.45) is 5.32. The number of hydrogen-bond donors (Lipinski definition) is 2. The van der Waals surface area contributed by atoms with Crippen molar-refractivity contribution in [2.45, 2.75) is 57.5 Å². The van der Waals surface area contributed by atoms with Gasteiger partial charge in [-0.05, 0) is 49.6 Å². The van der Waals surface area contributed by atoms with Gasteiger partial charge in [-0.1, -0.05) is 32.9 Å². The van der Waals surface area contributed by atoms with Gasteiger partial charge < -0.3 is 20.6 Å². The lowest BCUT2D eigenvalue weighted by atomic mass is 9.86. The molecular weight excluding hydrogens is 412 g/mol. The number of anilines is 3. The largest absolute Gasteiger partial charge is 0.507 e. The number of phenolic OH excluding ortho intramolecular Hbond substituents is 1. The maximum atomic E-state index is 10.3. The molecule has 7 nitrogen and oxygen atoms in total. The molecule has 2 bridgehead atoms. The van der Waals surface area contributed by atoms with Crippen LogP contribution in [0.2, 0.25) is 0 Å². The molecule has 0 spiro atoms. The third-order valence-corrected chi connectivity index (χ3v) is 7.42. The summed E-state index contributed by atoms with van der Waals surface area (Å²) in [6, 6.07) is 14.4. The molecule has 33 heavy (non-hydrogen) atoms. The van der Waals surface area contributed by atoms with Crippen LogP contribution in [-0.2, 0) is 5.41 Å². The maximum Gasteiger partial charge on any atom is 0.169 e. The molecule has 2 aliphatic heterocycles. The van der Waals surface area contributed by atoms with Gasteiger partial charge in [0.15, 0.2) is 5.82 Å². The number of benzene rings is 1. The Labute approximate surface area is 195 Å². The number of aromatic hydroxyl groups is 1. The predicted octanol–water partition coefficient (Wildman–Crippen LogP) is 4.37. The number of rotatable bonds is 5. The van der Waals surface area contributed by atoms with Gasteiger partial charge in [0.2, 0.25) is 0 Å². The first-order valence-electron chi connectivity index (χ1n) is 11.8. The quantitative estimate of drug-likeness (QED) is 0.604. The number of piperazine rings is 1. The standard InChI is InChI=1S/C26H32N6O/c1-4-26(2,3)24-13-17(11-12-28-24)32-18-9-10-19(32)16-31(15-18)22-14-21(29-30-25(22)27)20-7-5-6-8-23(20)33/h5-8,11-14,18-19,33H,4,9-10,15-16H2,1-3H3,(H2,27,30). The summed E-state index contributed by atoms with van der Waals surface area (Å²) in [6.45, 7) is 8.48. The van der Waals surface area contributed by atoms with Crippen LogP contribution in [0.5, 0.6) is 5.75 Å². The number of nitrogen functional groups attached to an aromatic ring is 1. The molecule has 5 rings (SSSR count). The van der Waals surface area contributed by atoms with Crippen LogP contribution in [0, 0.1) is 0 Å². The summed E-state index contributed by atoms with van der Waals surface area (Å²) in [4.78, 5) is 9.60. The van der Waals surface area contributed by atoms with Crippen molar-refractivity contribution in [3.8, 4) is 17.0 Å². The smallest absolute Gasteiger partial charge is 0.169 e. The minimum atomic E-state index is 0.0629. The highest BCUT2D eigenvalue weighted by atomic mass is 16.3. The molecule has 3 aromatic rings. The molecule has 7 heteroatoms. The molecule has 2 aliphatic rings. The minimum absolute atomic E-state index is 0.0629. The topological polar surface area (TPSA) is 91.4 Å². The van der Waals surface area contributed by atoms with E-state index in [-0.39, 0.29) is 11.2 Å². The summed E-state index contributed by atoms with van der Waals surface area (Å²) in [5.74, 6) is 0.619. The molecule has 2 unspecified atom stereocenters. The fourth-order valence-corrected chi connectivity index (χ4v) is 5.12. The van der Waals surface area contributed by atoms with E-state index in [0.717, 1.165) is 43.7 Å². The Bertz CT molecular complexity index is 1150. The van der Waals surface area contributed by atoms with Crippen molar-refractivity contribution < 1.29 is 5.11 Å². The molecule has 1 aromatic carbocycles. The van der Waals surface area contributed by atoms with Gasteiger partial charge in [0, 0.05) is 53.7 Å². The zero-order chi connectivity index (χ0) is 23.2. The van der Waals surface area contributed by atoms with Gasteiger partial charge in [-0.25, -0.2) is 0 Å². The minimum Gasteiger partial charge on any atom is -0.507 e. The highest BCUT2D eigenvalue weighted by Gasteiger charge is 2.41. The molecule has 3 N–H and O–H groups in total. The second kappa shape index (κ2) is 8.21. The maximum absolute atomic E-state index is 10.3. The highest BCUT2D eigenvalue weighted by molar-refractivity contribution is 5.74. The van der Waals surface area contributed by atoms with Gasteiger partial charge in [-0.15, -0.1) is 10.2 Å². The van der Waals surface area contributed by atoms with Gasteiger partial charge in [0.05, 0.1) is 11.4 Å². The van der Waals surface area contributed by atoms with Crippen molar-refractivity contribution in [2.24, 2.45) is 0 Å². The van der Waals surface area contributed by atoms with Crippen LogP contribution in [0.3, 0.4) is 0 Å². The fraction of sp³-hybridized carbons (Fsp3) is 0.423. The molecule has 4 heterocycles. The van der Waals surface area contributed by atoms with E-state index >= 15 is 0 Å². The van der Waals surface area contributed by atoms with E-state index in [1.807, 2.05) is 24.4 Å². The lowest BCUT2D eigenvalue weighted by molar-refractivity contribution is 0.477. The number of hydrogen-bond acceptors (Lipinski definition) is 7. The Morgan fingerprint density at radius 2 is 1.79 bits per heavy atom. The van der Waals surface area contributed by atoms with E-state index in [1.54, 1.807) is 12.1 Å². The van der Waals surface area contributed by atoms with Crippen molar-refractivity contribution >= 4 is 17.2 Å². The zero-order valence-electron chi connectivity index (χ0n) is 19.6. The number of nitrogens with zero attached hydrogens (tertiary/aromatic N) is 5. The second-order valence-corrected chi connectivity index (χ2v) is 9.85. The average molecular weight is 445 g/mol. The fourth-order valence-electron chi connectivity index (χ4n) is 5.12. The molecule has 0 amide bonds. The Morgan fingerprint density at radius 3 is 2.48 bits per heavy atom. The molecule has 2 fully saturated rings. The normalized spacial score (nSPS) is 20.3. The average Bonchev–Trinajstić information content (AvgIpc) is 3.09. The van der Waals surface area contributed by atoms with E-state index in [4.69, 9.17) is 5.73 Å². The van der Waals surface area contributed by atoms with Crippen molar-refractivity contribution in [1.82, 2.24) is 15.2 Å². The van der Waals surface area contributed by atoms with Crippen molar-refractivity contribution in [2.75, 3.05) is 28.6 Å². The molecule has 172 valence electrons. The monoisotopic (exact) mass is 444 g/mol. The van der Waals surface area contributed by atoms with Crippen molar-refractivity contribution in [1.29, 1.82) is 0 Å². The van der Waals surface area contributed by atoms with Crippen LogP contribution in [0.25, 0.3) is 11.3 Å². The zero-order valence-corrected chi connectivity index (χ0v) is 19.6. The van der Waals surface area contributed by atoms with Gasteiger partial charge in [-0.3, -0.25) is 4.98 Å². The summed E-state index contributed by atoms with van der Waals surface area (Å²) in [5, 5.41) is 18.7. The predicted molar refractivity (Wildman–Crippen MR) is 133 cm³/mol. The molecule has 2 atom stereocenters. The Balaban J connectivity index is 1.42. The molecule has 2 aromatic heterocycles. The van der Waals surface area contributed by atoms with Crippen LogP contribution in [-0.4, -0.2) is 45.5 Å². The number of nitrogens with two attached hydrogens (primary N) is 1. The molecule has 0 radical (unpaired) electrons. The van der Waals surface area contributed by atoms with E-state index < -0.39 is 0 Å². The van der Waals surface area contributed by atoms with Crippen LogP contribution < -0.4 is 15.5 Å². The number of pyridine rings is 1.